The van der Waals surface area contributed by atoms with Crippen molar-refractivity contribution >= 4 is 16.9 Å². The molecule has 3 aromatic rings. The largest absolute Gasteiger partial charge is 0.493 e. The number of H-pyrrole nitrogens is 1. The minimum absolute atomic E-state index is 0.00448. The Labute approximate surface area is 180 Å². The molecule has 0 radical (unpaired) electrons. The smallest absolute Gasteiger partial charge is 0.277 e. The molecule has 0 aliphatic heterocycles. The van der Waals surface area contributed by atoms with Gasteiger partial charge < -0.3 is 15.5 Å². The van der Waals surface area contributed by atoms with E-state index in [0.717, 1.165) is 48.9 Å². The van der Waals surface area contributed by atoms with Crippen molar-refractivity contribution in [3.63, 3.8) is 0 Å². The topological polar surface area (TPSA) is 116 Å². The van der Waals surface area contributed by atoms with Crippen LogP contribution in [-0.2, 0) is 24.7 Å². The van der Waals surface area contributed by atoms with Crippen LogP contribution in [0.1, 0.15) is 44.4 Å². The summed E-state index contributed by atoms with van der Waals surface area (Å²) >= 11 is 0. The average Bonchev–Trinajstić information content (AvgIpc) is 3.01. The van der Waals surface area contributed by atoms with Crippen molar-refractivity contribution in [3.8, 4) is 17.1 Å². The Morgan fingerprint density at radius 2 is 2.10 bits per heavy atom. The second kappa shape index (κ2) is 8.53. The first-order valence-corrected chi connectivity index (χ1v) is 10.9. The number of nitrogens with zero attached hydrogens (tertiary/aromatic N) is 3. The van der Waals surface area contributed by atoms with Gasteiger partial charge >= 0.3 is 0 Å². The molecule has 1 aliphatic rings. The highest BCUT2D eigenvalue weighted by Gasteiger charge is 2.33. The molecule has 0 unspecified atom stereocenters. The minimum atomic E-state index is -0.214. The van der Waals surface area contributed by atoms with E-state index in [1.165, 1.54) is 0 Å². The number of carbonyl (C=O) groups excluding carboxylic acids is 1. The fourth-order valence-electron chi connectivity index (χ4n) is 4.42. The summed E-state index contributed by atoms with van der Waals surface area (Å²) in [5, 5.41) is 4.50. The van der Waals surface area contributed by atoms with Crippen LogP contribution in [0, 0.1) is 11.8 Å². The van der Waals surface area contributed by atoms with Crippen molar-refractivity contribution in [1.29, 1.82) is 0 Å². The second-order valence-electron chi connectivity index (χ2n) is 8.34. The van der Waals surface area contributed by atoms with E-state index in [2.05, 4.69) is 17.0 Å². The summed E-state index contributed by atoms with van der Waals surface area (Å²) in [6, 6.07) is 6.00. The highest BCUT2D eigenvalue weighted by Crippen LogP contribution is 2.37. The molecule has 0 bridgehead atoms. The van der Waals surface area contributed by atoms with Crippen LogP contribution in [0.3, 0.4) is 0 Å². The molecule has 2 aromatic heterocycles. The number of hydrogen-bond acceptors (Lipinski definition) is 5. The molecule has 31 heavy (non-hydrogen) atoms. The molecule has 1 amide bonds. The highest BCUT2D eigenvalue weighted by atomic mass is 16.5. The first kappa shape index (κ1) is 21.1. The lowest BCUT2D eigenvalue weighted by Gasteiger charge is -2.33. The summed E-state index contributed by atoms with van der Waals surface area (Å²) in [5.41, 5.74) is 9.01. The van der Waals surface area contributed by atoms with Gasteiger partial charge in [-0.2, -0.15) is 5.10 Å². The van der Waals surface area contributed by atoms with Gasteiger partial charge in [0, 0.05) is 13.0 Å². The van der Waals surface area contributed by atoms with Gasteiger partial charge in [-0.1, -0.05) is 19.4 Å². The van der Waals surface area contributed by atoms with Crippen LogP contribution in [-0.4, -0.2) is 32.3 Å². The summed E-state index contributed by atoms with van der Waals surface area (Å²) in [4.78, 5) is 31.9. The van der Waals surface area contributed by atoms with E-state index in [0.29, 0.717) is 35.1 Å². The van der Waals surface area contributed by atoms with E-state index in [-0.39, 0.29) is 17.4 Å². The van der Waals surface area contributed by atoms with Gasteiger partial charge in [0.05, 0.1) is 17.9 Å². The van der Waals surface area contributed by atoms with Crippen LogP contribution in [0.2, 0.25) is 0 Å². The Bertz CT molecular complexity index is 1170. The molecule has 0 spiro atoms. The molecular weight excluding hydrogens is 394 g/mol. The van der Waals surface area contributed by atoms with E-state index < -0.39 is 0 Å². The molecule has 1 saturated carbocycles. The lowest BCUT2D eigenvalue weighted by atomic mass is 9.72. The molecule has 1 aliphatic carbocycles. The van der Waals surface area contributed by atoms with Crippen molar-refractivity contribution in [2.75, 3.05) is 6.61 Å². The quantitative estimate of drug-likeness (QED) is 0.578. The molecule has 164 valence electrons. The Kier molecular flexibility index (Phi) is 5.80. The standard InChI is InChI=1S/C23H29N5O3/c1-4-6-17-19-20(28(3)27-17)23(30)26-22(25-19)16-12-13(7-8-18(16)31-5-2)9-14-10-15(11-14)21(24)29/h7-8,12,14-15H,4-6,9-11H2,1-3H3,(H2,24,29)(H,25,26,30). The molecule has 1 aromatic carbocycles. The third-order valence-electron chi connectivity index (χ3n) is 6.01. The number of fused-ring (bicyclic) bond motifs is 1. The number of aromatic nitrogens is 4. The molecule has 0 saturated heterocycles. The number of ether oxygens (including phenoxy) is 1. The zero-order valence-electron chi connectivity index (χ0n) is 18.3. The number of nitrogens with two attached hydrogens (primary N) is 1. The second-order valence-corrected chi connectivity index (χ2v) is 8.34. The van der Waals surface area contributed by atoms with Gasteiger partial charge in [0.25, 0.3) is 5.56 Å². The molecule has 3 N–H and O–H groups in total. The van der Waals surface area contributed by atoms with Crippen LogP contribution >= 0.6 is 0 Å². The fraction of sp³-hybridized carbons (Fsp3) is 0.478. The van der Waals surface area contributed by atoms with Crippen molar-refractivity contribution in [1.82, 2.24) is 19.7 Å². The third kappa shape index (κ3) is 4.06. The number of hydrogen-bond donors (Lipinski definition) is 2. The minimum Gasteiger partial charge on any atom is -0.493 e. The van der Waals surface area contributed by atoms with Crippen LogP contribution in [0.4, 0.5) is 0 Å². The number of aryl methyl sites for hydroxylation is 2. The van der Waals surface area contributed by atoms with Crippen LogP contribution in [0.25, 0.3) is 22.4 Å². The predicted molar refractivity (Wildman–Crippen MR) is 119 cm³/mol. The first-order chi connectivity index (χ1) is 14.9. The zero-order chi connectivity index (χ0) is 22.1. The predicted octanol–water partition coefficient (Wildman–Crippen LogP) is 2.73. The van der Waals surface area contributed by atoms with Gasteiger partial charge in [-0.25, -0.2) is 4.98 Å². The van der Waals surface area contributed by atoms with E-state index in [4.69, 9.17) is 15.5 Å². The number of rotatable bonds is 8. The average molecular weight is 424 g/mol. The summed E-state index contributed by atoms with van der Waals surface area (Å²) in [6.45, 7) is 4.51. The number of amides is 1. The van der Waals surface area contributed by atoms with Gasteiger partial charge in [-0.05, 0) is 56.2 Å². The Morgan fingerprint density at radius 3 is 2.77 bits per heavy atom. The number of nitrogens with one attached hydrogen (secondary N) is 1. The number of aromatic amines is 1. The van der Waals surface area contributed by atoms with Gasteiger partial charge in [0.1, 0.15) is 17.1 Å². The Hall–Kier alpha value is -3.16. The SMILES string of the molecule is CCCc1nn(C)c2c(=O)[nH]c(-c3cc(CC4CC(C(N)=O)C4)ccc3OCC)nc12. The number of primary amides is 1. The highest BCUT2D eigenvalue weighted by molar-refractivity contribution is 5.80. The van der Waals surface area contributed by atoms with Crippen LogP contribution < -0.4 is 16.0 Å². The third-order valence-corrected chi connectivity index (χ3v) is 6.01. The van der Waals surface area contributed by atoms with E-state index in [1.807, 2.05) is 25.1 Å². The molecular formula is C23H29N5O3. The number of benzene rings is 1. The van der Waals surface area contributed by atoms with E-state index in [1.54, 1.807) is 11.7 Å². The van der Waals surface area contributed by atoms with Crippen molar-refractivity contribution < 1.29 is 9.53 Å². The summed E-state index contributed by atoms with van der Waals surface area (Å²) in [5.74, 6) is 1.38. The van der Waals surface area contributed by atoms with E-state index >= 15 is 0 Å². The van der Waals surface area contributed by atoms with Gasteiger partial charge in [-0.3, -0.25) is 14.3 Å². The normalized spacial score (nSPS) is 18.2. The lowest BCUT2D eigenvalue weighted by Crippen LogP contribution is -2.35. The maximum absolute atomic E-state index is 12.9. The summed E-state index contributed by atoms with van der Waals surface area (Å²) in [6.07, 6.45) is 4.19. The maximum atomic E-state index is 12.9. The first-order valence-electron chi connectivity index (χ1n) is 10.9. The summed E-state index contributed by atoms with van der Waals surface area (Å²) in [7, 11) is 1.77. The molecule has 0 atom stereocenters. The lowest BCUT2D eigenvalue weighted by molar-refractivity contribution is -0.125. The van der Waals surface area contributed by atoms with E-state index in [9.17, 15) is 9.59 Å². The van der Waals surface area contributed by atoms with Crippen molar-refractivity contribution in [2.24, 2.45) is 24.6 Å². The molecule has 1 fully saturated rings. The van der Waals surface area contributed by atoms with Crippen LogP contribution in [0.15, 0.2) is 23.0 Å². The molecule has 4 rings (SSSR count). The Morgan fingerprint density at radius 1 is 1.32 bits per heavy atom. The maximum Gasteiger partial charge on any atom is 0.277 e. The molecule has 8 nitrogen and oxygen atoms in total. The molecule has 2 heterocycles. The van der Waals surface area contributed by atoms with Gasteiger partial charge in [-0.15, -0.1) is 0 Å². The van der Waals surface area contributed by atoms with Gasteiger partial charge in [0.15, 0.2) is 5.52 Å². The monoisotopic (exact) mass is 423 g/mol. The Balaban J connectivity index is 1.73. The van der Waals surface area contributed by atoms with Gasteiger partial charge in [0.2, 0.25) is 5.91 Å². The van der Waals surface area contributed by atoms with Crippen LogP contribution in [0.5, 0.6) is 5.75 Å². The molecule has 8 heteroatoms. The number of carbonyl (C=O) groups is 1. The van der Waals surface area contributed by atoms with Crippen molar-refractivity contribution in [3.05, 3.63) is 39.8 Å². The fourth-order valence-corrected chi connectivity index (χ4v) is 4.42. The van der Waals surface area contributed by atoms with Crippen molar-refractivity contribution in [2.45, 2.75) is 46.0 Å². The summed E-state index contributed by atoms with van der Waals surface area (Å²) < 4.78 is 7.43. The zero-order valence-corrected chi connectivity index (χ0v) is 18.3.